The van der Waals surface area contributed by atoms with Gasteiger partial charge in [0.15, 0.2) is 0 Å². The Hall–Kier alpha value is -2.43. The zero-order valence-corrected chi connectivity index (χ0v) is 11.2. The molecule has 4 rings (SSSR count). The molecule has 0 aliphatic carbocycles. The SMILES string of the molecule is Fc1ccc2c3n(nc2c1)C(c1ccccc1F)CCN3. The smallest absolute Gasteiger partial charge is 0.132 e. The predicted octanol–water partition coefficient (Wildman–Crippen LogP) is 3.72. The fraction of sp³-hybridized carbons (Fsp3) is 0.188. The maximum absolute atomic E-state index is 14.1. The zero-order valence-electron chi connectivity index (χ0n) is 11.2. The highest BCUT2D eigenvalue weighted by molar-refractivity contribution is 5.90. The highest BCUT2D eigenvalue weighted by atomic mass is 19.1. The van der Waals surface area contributed by atoms with E-state index in [1.807, 2.05) is 6.07 Å². The molecule has 1 atom stereocenters. The van der Waals surface area contributed by atoms with Gasteiger partial charge in [-0.05, 0) is 24.6 Å². The average molecular weight is 285 g/mol. The van der Waals surface area contributed by atoms with Crippen LogP contribution in [-0.4, -0.2) is 16.3 Å². The van der Waals surface area contributed by atoms with Crippen LogP contribution in [0.2, 0.25) is 0 Å². The molecule has 0 amide bonds. The van der Waals surface area contributed by atoms with Gasteiger partial charge in [0.1, 0.15) is 17.5 Å². The first-order valence-electron chi connectivity index (χ1n) is 6.90. The van der Waals surface area contributed by atoms with Crippen LogP contribution in [0.3, 0.4) is 0 Å². The lowest BCUT2D eigenvalue weighted by Crippen LogP contribution is -2.25. The van der Waals surface area contributed by atoms with E-state index in [2.05, 4.69) is 10.4 Å². The number of anilines is 1. The molecule has 0 fully saturated rings. The Morgan fingerprint density at radius 1 is 1.14 bits per heavy atom. The Morgan fingerprint density at radius 2 is 2.00 bits per heavy atom. The first kappa shape index (κ1) is 12.3. The van der Waals surface area contributed by atoms with Crippen LogP contribution in [-0.2, 0) is 0 Å². The van der Waals surface area contributed by atoms with Crippen LogP contribution in [0.4, 0.5) is 14.6 Å². The van der Waals surface area contributed by atoms with E-state index in [9.17, 15) is 8.78 Å². The van der Waals surface area contributed by atoms with Crippen LogP contribution < -0.4 is 5.32 Å². The average Bonchev–Trinajstić information content (AvgIpc) is 2.85. The Morgan fingerprint density at radius 3 is 2.86 bits per heavy atom. The second-order valence-corrected chi connectivity index (χ2v) is 5.21. The number of aromatic nitrogens is 2. The van der Waals surface area contributed by atoms with Crippen molar-refractivity contribution in [1.82, 2.24) is 9.78 Å². The maximum Gasteiger partial charge on any atom is 0.132 e. The van der Waals surface area contributed by atoms with Gasteiger partial charge in [0.25, 0.3) is 0 Å². The number of nitrogens with one attached hydrogen (secondary N) is 1. The van der Waals surface area contributed by atoms with E-state index in [1.54, 1.807) is 22.9 Å². The van der Waals surface area contributed by atoms with E-state index in [1.165, 1.54) is 18.2 Å². The van der Waals surface area contributed by atoms with Gasteiger partial charge in [-0.25, -0.2) is 13.5 Å². The fourth-order valence-electron chi connectivity index (χ4n) is 2.96. The van der Waals surface area contributed by atoms with E-state index >= 15 is 0 Å². The van der Waals surface area contributed by atoms with Crippen molar-refractivity contribution >= 4 is 16.7 Å². The monoisotopic (exact) mass is 285 g/mol. The molecule has 0 bridgehead atoms. The lowest BCUT2D eigenvalue weighted by atomic mass is 10.0. The predicted molar refractivity (Wildman–Crippen MR) is 77.3 cm³/mol. The number of halogens is 2. The molecule has 2 heterocycles. The minimum atomic E-state index is -0.319. The van der Waals surface area contributed by atoms with Crippen LogP contribution in [0.1, 0.15) is 18.0 Å². The van der Waals surface area contributed by atoms with Crippen LogP contribution >= 0.6 is 0 Å². The minimum absolute atomic E-state index is 0.169. The second-order valence-electron chi connectivity index (χ2n) is 5.21. The highest BCUT2D eigenvalue weighted by Gasteiger charge is 2.26. The topological polar surface area (TPSA) is 29.9 Å². The molecule has 1 aliphatic heterocycles. The largest absolute Gasteiger partial charge is 0.370 e. The van der Waals surface area contributed by atoms with E-state index in [0.717, 1.165) is 24.2 Å². The summed E-state index contributed by atoms with van der Waals surface area (Å²) in [5, 5.41) is 8.60. The minimum Gasteiger partial charge on any atom is -0.370 e. The van der Waals surface area contributed by atoms with Crippen molar-refractivity contribution in [3.8, 4) is 0 Å². The molecule has 0 saturated heterocycles. The van der Waals surface area contributed by atoms with Crippen molar-refractivity contribution < 1.29 is 8.78 Å². The third-order valence-corrected chi connectivity index (χ3v) is 3.93. The van der Waals surface area contributed by atoms with Gasteiger partial charge >= 0.3 is 0 Å². The summed E-state index contributed by atoms with van der Waals surface area (Å²) >= 11 is 0. The van der Waals surface area contributed by atoms with Crippen LogP contribution in [0.25, 0.3) is 10.9 Å². The van der Waals surface area contributed by atoms with Crippen molar-refractivity contribution in [3.05, 3.63) is 59.7 Å². The Labute approximate surface area is 120 Å². The molecule has 1 N–H and O–H groups in total. The third kappa shape index (κ3) is 1.88. The van der Waals surface area contributed by atoms with Crippen molar-refractivity contribution in [3.63, 3.8) is 0 Å². The number of fused-ring (bicyclic) bond motifs is 3. The molecule has 0 spiro atoms. The number of hydrogen-bond acceptors (Lipinski definition) is 2. The molecule has 3 aromatic rings. The van der Waals surface area contributed by atoms with E-state index < -0.39 is 0 Å². The maximum atomic E-state index is 14.1. The summed E-state index contributed by atoms with van der Waals surface area (Å²) < 4.78 is 29.2. The fourth-order valence-corrected chi connectivity index (χ4v) is 2.96. The van der Waals surface area contributed by atoms with Crippen LogP contribution in [0, 0.1) is 11.6 Å². The van der Waals surface area contributed by atoms with Crippen LogP contribution in [0.15, 0.2) is 42.5 Å². The van der Waals surface area contributed by atoms with Gasteiger partial charge in [0.2, 0.25) is 0 Å². The van der Waals surface area contributed by atoms with E-state index in [-0.39, 0.29) is 17.7 Å². The summed E-state index contributed by atoms with van der Waals surface area (Å²) in [4.78, 5) is 0. The zero-order chi connectivity index (χ0) is 14.4. The molecule has 106 valence electrons. The Balaban J connectivity index is 1.92. The Kier molecular flexibility index (Phi) is 2.67. The van der Waals surface area contributed by atoms with E-state index in [0.29, 0.717) is 11.1 Å². The standard InChI is InChI=1S/C16H13F2N3/c17-10-5-6-12-14(9-10)20-21-15(7-8-19-16(12)21)11-3-1-2-4-13(11)18/h1-6,9,15,19H,7-8H2. The van der Waals surface area contributed by atoms with Crippen molar-refractivity contribution in [2.24, 2.45) is 0 Å². The van der Waals surface area contributed by atoms with E-state index in [4.69, 9.17) is 0 Å². The molecule has 1 unspecified atom stereocenters. The molecule has 1 aliphatic rings. The summed E-state index contributed by atoms with van der Waals surface area (Å²) in [5.41, 5.74) is 1.20. The lowest BCUT2D eigenvalue weighted by Gasteiger charge is -2.26. The number of rotatable bonds is 1. The lowest BCUT2D eigenvalue weighted by molar-refractivity contribution is 0.462. The second kappa shape index (κ2) is 4.55. The summed E-state index contributed by atoms with van der Waals surface area (Å²) in [7, 11) is 0. The Bertz CT molecular complexity index is 826. The third-order valence-electron chi connectivity index (χ3n) is 3.93. The summed E-state index contributed by atoms with van der Waals surface area (Å²) in [5.74, 6) is 0.269. The van der Waals surface area contributed by atoms with Crippen LogP contribution in [0.5, 0.6) is 0 Å². The first-order valence-corrected chi connectivity index (χ1v) is 6.90. The quantitative estimate of drug-likeness (QED) is 0.738. The molecule has 21 heavy (non-hydrogen) atoms. The molecular formula is C16H13F2N3. The van der Waals surface area contributed by atoms with Gasteiger partial charge in [-0.15, -0.1) is 0 Å². The highest BCUT2D eigenvalue weighted by Crippen LogP contribution is 2.35. The van der Waals surface area contributed by atoms with Gasteiger partial charge in [-0.3, -0.25) is 0 Å². The van der Waals surface area contributed by atoms with Crippen molar-refractivity contribution in [1.29, 1.82) is 0 Å². The van der Waals surface area contributed by atoms with Gasteiger partial charge in [-0.1, -0.05) is 18.2 Å². The van der Waals surface area contributed by atoms with Gasteiger partial charge in [0, 0.05) is 23.6 Å². The molecular weight excluding hydrogens is 272 g/mol. The van der Waals surface area contributed by atoms with Gasteiger partial charge in [-0.2, -0.15) is 5.10 Å². The molecule has 5 heteroatoms. The normalized spacial score (nSPS) is 17.5. The molecule has 2 aromatic carbocycles. The molecule has 0 radical (unpaired) electrons. The molecule has 1 aromatic heterocycles. The van der Waals surface area contributed by atoms with Gasteiger partial charge < -0.3 is 5.32 Å². The molecule has 3 nitrogen and oxygen atoms in total. The number of hydrogen-bond donors (Lipinski definition) is 1. The summed E-state index contributed by atoms with van der Waals surface area (Å²) in [6.45, 7) is 0.733. The number of benzene rings is 2. The first-order chi connectivity index (χ1) is 10.2. The van der Waals surface area contributed by atoms with Gasteiger partial charge in [0.05, 0.1) is 11.6 Å². The van der Waals surface area contributed by atoms with Crippen molar-refractivity contribution in [2.75, 3.05) is 11.9 Å². The van der Waals surface area contributed by atoms with Crippen molar-refractivity contribution in [2.45, 2.75) is 12.5 Å². The molecule has 0 saturated carbocycles. The summed E-state index contributed by atoms with van der Waals surface area (Å²) in [6.07, 6.45) is 0.740. The summed E-state index contributed by atoms with van der Waals surface area (Å²) in [6, 6.07) is 11.1. The number of nitrogens with zero attached hydrogens (tertiary/aromatic N) is 2.